The van der Waals surface area contributed by atoms with Crippen molar-refractivity contribution in [3.05, 3.63) is 23.9 Å². The Labute approximate surface area is 103 Å². The highest BCUT2D eigenvalue weighted by Gasteiger charge is 2.26. The van der Waals surface area contributed by atoms with Crippen LogP contribution in [0.5, 0.6) is 0 Å². The minimum Gasteiger partial charge on any atom is -0.354 e. The number of aromatic nitrogens is 1. The summed E-state index contributed by atoms with van der Waals surface area (Å²) in [5, 5.41) is 0. The largest absolute Gasteiger partial charge is 0.354 e. The Morgan fingerprint density at radius 3 is 2.53 bits per heavy atom. The van der Waals surface area contributed by atoms with Crippen LogP contribution in [-0.4, -0.2) is 42.6 Å². The van der Waals surface area contributed by atoms with Gasteiger partial charge in [-0.3, -0.25) is 4.90 Å². The molecule has 1 saturated heterocycles. The van der Waals surface area contributed by atoms with Gasteiger partial charge in [0.1, 0.15) is 5.82 Å². The van der Waals surface area contributed by atoms with Crippen LogP contribution in [0.4, 0.5) is 5.82 Å². The van der Waals surface area contributed by atoms with Gasteiger partial charge in [0.2, 0.25) is 0 Å². The van der Waals surface area contributed by atoms with Crippen molar-refractivity contribution in [3.63, 3.8) is 0 Å². The number of rotatable bonds is 3. The number of pyridine rings is 1. The third-order valence-electron chi connectivity index (χ3n) is 3.81. The molecule has 92 valence electrons. The van der Waals surface area contributed by atoms with E-state index in [-0.39, 0.29) is 0 Å². The van der Waals surface area contributed by atoms with E-state index in [2.05, 4.69) is 33.8 Å². The van der Waals surface area contributed by atoms with Crippen LogP contribution in [0.15, 0.2) is 18.3 Å². The van der Waals surface area contributed by atoms with Crippen molar-refractivity contribution in [3.8, 4) is 0 Å². The first kappa shape index (κ1) is 11.0. The number of hydrogen-bond donors (Lipinski definition) is 0. The van der Waals surface area contributed by atoms with Crippen molar-refractivity contribution >= 4 is 5.82 Å². The van der Waals surface area contributed by atoms with E-state index in [4.69, 9.17) is 0 Å². The molecule has 1 aromatic rings. The predicted molar refractivity (Wildman–Crippen MR) is 70.4 cm³/mol. The molecule has 1 aliphatic carbocycles. The number of hydrogen-bond acceptors (Lipinski definition) is 3. The van der Waals surface area contributed by atoms with Crippen LogP contribution < -0.4 is 4.90 Å². The van der Waals surface area contributed by atoms with Gasteiger partial charge in [-0.2, -0.15) is 0 Å². The number of nitrogens with zero attached hydrogens (tertiary/aromatic N) is 3. The van der Waals surface area contributed by atoms with E-state index in [0.29, 0.717) is 0 Å². The molecule has 2 fully saturated rings. The normalized spacial score (nSPS) is 21.8. The molecular formula is C14H21N3. The molecule has 0 bridgehead atoms. The van der Waals surface area contributed by atoms with Gasteiger partial charge in [0.25, 0.3) is 0 Å². The highest BCUT2D eigenvalue weighted by atomic mass is 15.3. The number of piperazine rings is 1. The number of aryl methyl sites for hydroxylation is 1. The summed E-state index contributed by atoms with van der Waals surface area (Å²) in [6, 6.07) is 4.30. The first-order valence-electron chi connectivity index (χ1n) is 6.71. The molecule has 2 heterocycles. The second kappa shape index (κ2) is 4.65. The van der Waals surface area contributed by atoms with Gasteiger partial charge in [-0.25, -0.2) is 4.98 Å². The zero-order valence-electron chi connectivity index (χ0n) is 10.6. The minimum absolute atomic E-state index is 1.01. The second-order valence-corrected chi connectivity index (χ2v) is 5.42. The van der Waals surface area contributed by atoms with Crippen molar-refractivity contribution in [2.75, 3.05) is 37.6 Å². The SMILES string of the molecule is Cc1ccc(N2CCN(CC3CC3)CC2)nc1. The van der Waals surface area contributed by atoms with Crippen molar-refractivity contribution in [1.82, 2.24) is 9.88 Å². The standard InChI is InChI=1S/C14H21N3/c1-12-2-5-14(15-10-12)17-8-6-16(7-9-17)11-13-3-4-13/h2,5,10,13H,3-4,6-9,11H2,1H3. The van der Waals surface area contributed by atoms with Gasteiger partial charge in [-0.1, -0.05) is 6.07 Å². The fraction of sp³-hybridized carbons (Fsp3) is 0.643. The molecule has 3 rings (SSSR count). The average Bonchev–Trinajstić information content (AvgIpc) is 3.15. The summed E-state index contributed by atoms with van der Waals surface area (Å²) in [5.74, 6) is 2.15. The lowest BCUT2D eigenvalue weighted by molar-refractivity contribution is 0.247. The van der Waals surface area contributed by atoms with Gasteiger partial charge >= 0.3 is 0 Å². The average molecular weight is 231 g/mol. The molecule has 1 saturated carbocycles. The van der Waals surface area contributed by atoms with Crippen LogP contribution in [0.25, 0.3) is 0 Å². The van der Waals surface area contributed by atoms with Crippen molar-refractivity contribution in [1.29, 1.82) is 0 Å². The molecular weight excluding hydrogens is 210 g/mol. The van der Waals surface area contributed by atoms with Crippen molar-refractivity contribution in [2.24, 2.45) is 5.92 Å². The van der Waals surface area contributed by atoms with Crippen molar-refractivity contribution in [2.45, 2.75) is 19.8 Å². The Kier molecular flexibility index (Phi) is 3.02. The fourth-order valence-corrected chi connectivity index (χ4v) is 2.47. The highest BCUT2D eigenvalue weighted by Crippen LogP contribution is 2.30. The summed E-state index contributed by atoms with van der Waals surface area (Å²) in [6.07, 6.45) is 4.88. The molecule has 3 heteroatoms. The molecule has 0 aromatic carbocycles. The molecule has 1 aliphatic heterocycles. The summed E-state index contributed by atoms with van der Waals surface area (Å²) < 4.78 is 0. The Morgan fingerprint density at radius 2 is 1.94 bits per heavy atom. The Morgan fingerprint density at radius 1 is 1.18 bits per heavy atom. The zero-order chi connectivity index (χ0) is 11.7. The first-order chi connectivity index (χ1) is 8.31. The maximum Gasteiger partial charge on any atom is 0.128 e. The van der Waals surface area contributed by atoms with Gasteiger partial charge < -0.3 is 4.90 Å². The quantitative estimate of drug-likeness (QED) is 0.792. The van der Waals surface area contributed by atoms with E-state index in [0.717, 1.165) is 24.8 Å². The van der Waals surface area contributed by atoms with Crippen LogP contribution in [0.3, 0.4) is 0 Å². The third-order valence-corrected chi connectivity index (χ3v) is 3.81. The minimum atomic E-state index is 1.01. The van der Waals surface area contributed by atoms with E-state index in [1.807, 2.05) is 6.20 Å². The van der Waals surface area contributed by atoms with E-state index >= 15 is 0 Å². The lowest BCUT2D eigenvalue weighted by Gasteiger charge is -2.35. The smallest absolute Gasteiger partial charge is 0.128 e. The van der Waals surface area contributed by atoms with Crippen LogP contribution >= 0.6 is 0 Å². The van der Waals surface area contributed by atoms with Crippen LogP contribution in [0, 0.1) is 12.8 Å². The number of anilines is 1. The monoisotopic (exact) mass is 231 g/mol. The maximum absolute atomic E-state index is 4.51. The zero-order valence-corrected chi connectivity index (χ0v) is 10.6. The molecule has 0 atom stereocenters. The molecule has 0 spiro atoms. The molecule has 1 aromatic heterocycles. The summed E-state index contributed by atoms with van der Waals surface area (Å²) in [4.78, 5) is 9.53. The predicted octanol–water partition coefficient (Wildman–Crippen LogP) is 1.92. The topological polar surface area (TPSA) is 19.4 Å². The van der Waals surface area contributed by atoms with E-state index in [9.17, 15) is 0 Å². The first-order valence-corrected chi connectivity index (χ1v) is 6.71. The highest BCUT2D eigenvalue weighted by molar-refractivity contribution is 5.39. The van der Waals surface area contributed by atoms with Crippen LogP contribution in [0.2, 0.25) is 0 Å². The summed E-state index contributed by atoms with van der Waals surface area (Å²) in [7, 11) is 0. The lowest BCUT2D eigenvalue weighted by Crippen LogP contribution is -2.47. The molecule has 2 aliphatic rings. The van der Waals surface area contributed by atoms with E-state index in [1.165, 1.54) is 38.0 Å². The van der Waals surface area contributed by atoms with Gasteiger partial charge in [0, 0.05) is 38.9 Å². The van der Waals surface area contributed by atoms with Crippen molar-refractivity contribution < 1.29 is 0 Å². The molecule has 17 heavy (non-hydrogen) atoms. The second-order valence-electron chi connectivity index (χ2n) is 5.42. The van der Waals surface area contributed by atoms with Gasteiger partial charge in [0.15, 0.2) is 0 Å². The Hall–Kier alpha value is -1.09. The molecule has 0 amide bonds. The molecule has 0 N–H and O–H groups in total. The van der Waals surface area contributed by atoms with Crippen LogP contribution in [0.1, 0.15) is 18.4 Å². The van der Waals surface area contributed by atoms with E-state index < -0.39 is 0 Å². The van der Waals surface area contributed by atoms with Gasteiger partial charge in [-0.15, -0.1) is 0 Å². The van der Waals surface area contributed by atoms with Gasteiger partial charge in [-0.05, 0) is 37.3 Å². The summed E-state index contributed by atoms with van der Waals surface area (Å²) >= 11 is 0. The summed E-state index contributed by atoms with van der Waals surface area (Å²) in [6.45, 7) is 8.07. The Balaban J connectivity index is 1.54. The fourth-order valence-electron chi connectivity index (χ4n) is 2.47. The molecule has 3 nitrogen and oxygen atoms in total. The van der Waals surface area contributed by atoms with Crippen LogP contribution in [-0.2, 0) is 0 Å². The molecule has 0 radical (unpaired) electrons. The summed E-state index contributed by atoms with van der Waals surface area (Å²) in [5.41, 5.74) is 1.24. The van der Waals surface area contributed by atoms with E-state index in [1.54, 1.807) is 0 Å². The third kappa shape index (κ3) is 2.78. The van der Waals surface area contributed by atoms with Gasteiger partial charge in [0.05, 0.1) is 0 Å². The lowest BCUT2D eigenvalue weighted by atomic mass is 10.2. The molecule has 0 unspecified atom stereocenters. The Bertz CT molecular complexity index is 362. The maximum atomic E-state index is 4.51.